The van der Waals surface area contributed by atoms with Crippen molar-refractivity contribution in [1.29, 1.82) is 0 Å². The number of sulfonamides is 1. The fourth-order valence-corrected chi connectivity index (χ4v) is 2.98. The zero-order valence-electron chi connectivity index (χ0n) is 12.5. The second-order valence-electron chi connectivity index (χ2n) is 5.07. The lowest BCUT2D eigenvalue weighted by Gasteiger charge is -2.24. The van der Waals surface area contributed by atoms with Crippen LogP contribution < -0.4 is 10.0 Å². The van der Waals surface area contributed by atoms with Crippen LogP contribution in [0.5, 0.6) is 0 Å². The van der Waals surface area contributed by atoms with Gasteiger partial charge in [0.05, 0.1) is 11.1 Å². The Kier molecular flexibility index (Phi) is 5.74. The van der Waals surface area contributed by atoms with E-state index in [4.69, 9.17) is 0 Å². The highest BCUT2D eigenvalue weighted by molar-refractivity contribution is 7.89. The molecule has 0 spiro atoms. The molecule has 0 aliphatic carbocycles. The summed E-state index contributed by atoms with van der Waals surface area (Å²) < 4.78 is 26.7. The molecule has 7 heteroatoms. The van der Waals surface area contributed by atoms with Gasteiger partial charge in [0.15, 0.2) is 0 Å². The standard InChI is InChI=1S/C14H22N2O4S/c1-4-14(3,13(17)18)10-15-11-8-6-7-9-12(11)21(19,20)16-5-2/h6-9,15-16H,4-5,10H2,1-3H3,(H,17,18). The molecule has 3 N–H and O–H groups in total. The number of hydrogen-bond donors (Lipinski definition) is 3. The van der Waals surface area contributed by atoms with Crippen LogP contribution in [0.3, 0.4) is 0 Å². The Hall–Kier alpha value is -1.60. The van der Waals surface area contributed by atoms with Gasteiger partial charge < -0.3 is 10.4 Å². The van der Waals surface area contributed by atoms with Gasteiger partial charge in [-0.15, -0.1) is 0 Å². The van der Waals surface area contributed by atoms with E-state index in [1.165, 1.54) is 6.07 Å². The van der Waals surface area contributed by atoms with Gasteiger partial charge >= 0.3 is 5.97 Å². The third-order valence-electron chi connectivity index (χ3n) is 3.48. The van der Waals surface area contributed by atoms with Gasteiger partial charge in [-0.3, -0.25) is 4.79 Å². The highest BCUT2D eigenvalue weighted by Crippen LogP contribution is 2.25. The zero-order valence-corrected chi connectivity index (χ0v) is 13.3. The van der Waals surface area contributed by atoms with Crippen molar-refractivity contribution in [3.05, 3.63) is 24.3 Å². The molecule has 1 atom stereocenters. The quantitative estimate of drug-likeness (QED) is 0.681. The third kappa shape index (κ3) is 4.18. The SMILES string of the molecule is CCNS(=O)(=O)c1ccccc1NCC(C)(CC)C(=O)O. The number of aliphatic carboxylic acids is 1. The maximum atomic E-state index is 12.1. The second kappa shape index (κ2) is 6.91. The van der Waals surface area contributed by atoms with Crippen molar-refractivity contribution in [2.24, 2.45) is 5.41 Å². The van der Waals surface area contributed by atoms with E-state index in [-0.39, 0.29) is 11.4 Å². The molecule has 0 aliphatic rings. The molecule has 0 amide bonds. The first-order valence-electron chi connectivity index (χ1n) is 6.83. The highest BCUT2D eigenvalue weighted by Gasteiger charge is 2.31. The summed E-state index contributed by atoms with van der Waals surface area (Å²) in [7, 11) is -3.60. The van der Waals surface area contributed by atoms with E-state index < -0.39 is 21.4 Å². The van der Waals surface area contributed by atoms with Crippen LogP contribution in [0.4, 0.5) is 5.69 Å². The minimum Gasteiger partial charge on any atom is -0.481 e. The predicted octanol–water partition coefficient (Wildman–Crippen LogP) is 1.90. The van der Waals surface area contributed by atoms with Crippen molar-refractivity contribution in [2.75, 3.05) is 18.4 Å². The lowest BCUT2D eigenvalue weighted by Crippen LogP contribution is -2.35. The molecule has 1 aromatic carbocycles. The summed E-state index contributed by atoms with van der Waals surface area (Å²) in [4.78, 5) is 11.4. The summed E-state index contributed by atoms with van der Waals surface area (Å²) in [6.07, 6.45) is 0.442. The Balaban J connectivity index is 3.03. The number of hydrogen-bond acceptors (Lipinski definition) is 4. The Morgan fingerprint density at radius 1 is 1.29 bits per heavy atom. The van der Waals surface area contributed by atoms with Crippen LogP contribution in [0.15, 0.2) is 29.2 Å². The molecule has 118 valence electrons. The monoisotopic (exact) mass is 314 g/mol. The van der Waals surface area contributed by atoms with Crippen LogP contribution >= 0.6 is 0 Å². The number of carbonyl (C=O) groups is 1. The number of rotatable bonds is 8. The highest BCUT2D eigenvalue weighted by atomic mass is 32.2. The topological polar surface area (TPSA) is 95.5 Å². The molecular weight excluding hydrogens is 292 g/mol. The van der Waals surface area contributed by atoms with Gasteiger partial charge in [-0.05, 0) is 25.5 Å². The third-order valence-corrected chi connectivity index (χ3v) is 5.08. The van der Waals surface area contributed by atoms with Crippen molar-refractivity contribution in [3.63, 3.8) is 0 Å². The lowest BCUT2D eigenvalue weighted by atomic mass is 9.87. The molecular formula is C14H22N2O4S. The van der Waals surface area contributed by atoms with Crippen molar-refractivity contribution in [3.8, 4) is 0 Å². The van der Waals surface area contributed by atoms with E-state index in [2.05, 4.69) is 10.0 Å². The maximum Gasteiger partial charge on any atom is 0.311 e. The van der Waals surface area contributed by atoms with Crippen molar-refractivity contribution in [2.45, 2.75) is 32.1 Å². The van der Waals surface area contributed by atoms with Crippen LogP contribution in [0.1, 0.15) is 27.2 Å². The molecule has 1 unspecified atom stereocenters. The minimum absolute atomic E-state index is 0.121. The van der Waals surface area contributed by atoms with Gasteiger partial charge in [0, 0.05) is 13.1 Å². The average Bonchev–Trinajstić information content (AvgIpc) is 2.44. The normalized spacial score (nSPS) is 14.4. The Morgan fingerprint density at radius 2 is 1.90 bits per heavy atom. The molecule has 0 aromatic heterocycles. The van der Waals surface area contributed by atoms with E-state index in [1.807, 2.05) is 0 Å². The molecule has 0 fully saturated rings. The zero-order chi connectivity index (χ0) is 16.1. The van der Waals surface area contributed by atoms with Gasteiger partial charge in [0.2, 0.25) is 10.0 Å². The Labute approximate surface area is 125 Å². The van der Waals surface area contributed by atoms with Crippen molar-refractivity contribution in [1.82, 2.24) is 4.72 Å². The molecule has 0 aliphatic heterocycles. The van der Waals surface area contributed by atoms with Gasteiger partial charge in [-0.1, -0.05) is 26.0 Å². The predicted molar refractivity (Wildman–Crippen MR) is 81.8 cm³/mol. The van der Waals surface area contributed by atoms with E-state index in [0.717, 1.165) is 0 Å². The van der Waals surface area contributed by atoms with Crippen LogP contribution in [0.2, 0.25) is 0 Å². The summed E-state index contributed by atoms with van der Waals surface area (Å²) in [5, 5.41) is 12.2. The van der Waals surface area contributed by atoms with Crippen molar-refractivity contribution >= 4 is 21.7 Å². The lowest BCUT2D eigenvalue weighted by molar-refractivity contribution is -0.147. The number of carboxylic acid groups (broad SMARTS) is 1. The fourth-order valence-electron chi connectivity index (χ4n) is 1.76. The Morgan fingerprint density at radius 3 is 2.43 bits per heavy atom. The molecule has 0 saturated heterocycles. The van der Waals surface area contributed by atoms with Gasteiger partial charge in [0.1, 0.15) is 4.90 Å². The van der Waals surface area contributed by atoms with E-state index in [9.17, 15) is 18.3 Å². The molecule has 1 rings (SSSR count). The summed E-state index contributed by atoms with van der Waals surface area (Å²) in [5.41, 5.74) is -0.547. The first kappa shape index (κ1) is 17.5. The molecule has 21 heavy (non-hydrogen) atoms. The number of para-hydroxylation sites is 1. The molecule has 0 radical (unpaired) electrons. The van der Waals surface area contributed by atoms with Gasteiger partial charge in [-0.2, -0.15) is 0 Å². The largest absolute Gasteiger partial charge is 0.481 e. The molecule has 0 heterocycles. The van der Waals surface area contributed by atoms with Crippen molar-refractivity contribution < 1.29 is 18.3 Å². The van der Waals surface area contributed by atoms with E-state index in [1.54, 1.807) is 39.0 Å². The van der Waals surface area contributed by atoms with Crippen LogP contribution in [0.25, 0.3) is 0 Å². The molecule has 6 nitrogen and oxygen atoms in total. The first-order valence-corrected chi connectivity index (χ1v) is 8.31. The second-order valence-corrected chi connectivity index (χ2v) is 6.81. The molecule has 0 saturated carbocycles. The van der Waals surface area contributed by atoms with Crippen LogP contribution in [-0.2, 0) is 14.8 Å². The number of carboxylic acids is 1. The summed E-state index contributed by atoms with van der Waals surface area (Å²) >= 11 is 0. The summed E-state index contributed by atoms with van der Waals surface area (Å²) in [6, 6.07) is 6.45. The van der Waals surface area contributed by atoms with Crippen LogP contribution in [-0.4, -0.2) is 32.6 Å². The number of nitrogens with one attached hydrogen (secondary N) is 2. The van der Waals surface area contributed by atoms with Crippen LogP contribution in [0, 0.1) is 5.41 Å². The summed E-state index contributed by atoms with van der Waals surface area (Å²) in [5.74, 6) is -0.912. The van der Waals surface area contributed by atoms with E-state index >= 15 is 0 Å². The number of benzene rings is 1. The Bertz CT molecular complexity index is 601. The van der Waals surface area contributed by atoms with E-state index in [0.29, 0.717) is 18.7 Å². The molecule has 1 aromatic rings. The minimum atomic E-state index is -3.60. The summed E-state index contributed by atoms with van der Waals surface area (Å²) in [6.45, 7) is 5.56. The smallest absolute Gasteiger partial charge is 0.311 e. The maximum absolute atomic E-state index is 12.1. The van der Waals surface area contributed by atoms with Gasteiger partial charge in [-0.25, -0.2) is 13.1 Å². The van der Waals surface area contributed by atoms with Gasteiger partial charge in [0.25, 0.3) is 0 Å². The molecule has 0 bridgehead atoms. The average molecular weight is 314 g/mol. The fraction of sp³-hybridized carbons (Fsp3) is 0.500. The number of anilines is 1. The first-order chi connectivity index (χ1) is 9.77.